The first-order valence-electron chi connectivity index (χ1n) is 6.25. The van der Waals surface area contributed by atoms with Gasteiger partial charge < -0.3 is 10.5 Å². The largest absolute Gasteiger partial charge is 0.465 e. The summed E-state index contributed by atoms with van der Waals surface area (Å²) in [6.07, 6.45) is 0. The first-order valence-corrected chi connectivity index (χ1v) is 6.25. The van der Waals surface area contributed by atoms with E-state index >= 15 is 0 Å². The lowest BCUT2D eigenvalue weighted by Gasteiger charge is -1.97. The first kappa shape index (κ1) is 14.2. The smallest absolute Gasteiger partial charge is 0.337 e. The third-order valence-corrected chi connectivity index (χ3v) is 2.73. The molecule has 0 atom stereocenters. The zero-order valence-corrected chi connectivity index (χ0v) is 11.5. The predicted octanol–water partition coefficient (Wildman–Crippen LogP) is 2.46. The summed E-state index contributed by atoms with van der Waals surface area (Å²) in [5.74, 6) is 10.9. The van der Waals surface area contributed by atoms with Crippen LogP contribution in [0.15, 0.2) is 48.5 Å². The molecule has 2 aromatic rings. The zero-order valence-electron chi connectivity index (χ0n) is 11.5. The van der Waals surface area contributed by atoms with E-state index in [1.165, 1.54) is 7.11 Å². The van der Waals surface area contributed by atoms with Gasteiger partial charge in [-0.05, 0) is 48.2 Å². The summed E-state index contributed by atoms with van der Waals surface area (Å²) < 4.78 is 4.63. The molecule has 0 saturated carbocycles. The van der Waals surface area contributed by atoms with E-state index in [0.29, 0.717) is 11.3 Å². The number of nitrogens with two attached hydrogens (primary N) is 1. The van der Waals surface area contributed by atoms with Gasteiger partial charge in [-0.15, -0.1) is 0 Å². The van der Waals surface area contributed by atoms with Crippen molar-refractivity contribution in [1.29, 1.82) is 0 Å². The van der Waals surface area contributed by atoms with E-state index in [0.717, 1.165) is 11.1 Å². The molecule has 0 heterocycles. The Morgan fingerprint density at radius 2 is 1.67 bits per heavy atom. The average Bonchev–Trinajstić information content (AvgIpc) is 2.53. The van der Waals surface area contributed by atoms with Crippen molar-refractivity contribution in [1.82, 2.24) is 0 Å². The predicted molar refractivity (Wildman–Crippen MR) is 82.4 cm³/mol. The van der Waals surface area contributed by atoms with Crippen molar-refractivity contribution in [2.75, 3.05) is 12.8 Å². The van der Waals surface area contributed by atoms with Gasteiger partial charge in [-0.2, -0.15) is 0 Å². The minimum atomic E-state index is -0.367. The molecule has 0 radical (unpaired) electrons. The molecule has 0 aromatic heterocycles. The summed E-state index contributed by atoms with van der Waals surface area (Å²) in [4.78, 5) is 11.3. The highest BCUT2D eigenvalue weighted by Crippen LogP contribution is 2.08. The van der Waals surface area contributed by atoms with Crippen LogP contribution < -0.4 is 5.73 Å². The second-order valence-electron chi connectivity index (χ2n) is 4.16. The molecule has 3 heteroatoms. The molecule has 0 unspecified atom stereocenters. The highest BCUT2D eigenvalue weighted by Gasteiger charge is 2.02. The van der Waals surface area contributed by atoms with Crippen molar-refractivity contribution < 1.29 is 9.53 Å². The van der Waals surface area contributed by atoms with Crippen LogP contribution in [0.3, 0.4) is 0 Å². The normalized spacial score (nSPS) is 8.81. The summed E-state index contributed by atoms with van der Waals surface area (Å²) in [6.45, 7) is 0. The van der Waals surface area contributed by atoms with E-state index in [-0.39, 0.29) is 5.97 Å². The third kappa shape index (κ3) is 3.89. The quantitative estimate of drug-likeness (QED) is 0.494. The van der Waals surface area contributed by atoms with Gasteiger partial charge in [0.1, 0.15) is 0 Å². The Kier molecular flexibility index (Phi) is 4.64. The maximum atomic E-state index is 11.3. The van der Waals surface area contributed by atoms with Crippen molar-refractivity contribution in [3.8, 4) is 23.7 Å². The molecule has 2 N–H and O–H groups in total. The molecule has 0 aliphatic carbocycles. The van der Waals surface area contributed by atoms with Crippen LogP contribution in [0.4, 0.5) is 5.69 Å². The number of hydrogen-bond acceptors (Lipinski definition) is 3. The Hall–Kier alpha value is -3.17. The standard InChI is InChI=1S/C18H13NO2/c1-21-18(20)16-12-10-14(11-13-16)6-2-3-7-15-8-4-5-9-17(15)19/h4-5,8-13H,19H2,1H3. The van der Waals surface area contributed by atoms with Gasteiger partial charge in [0, 0.05) is 16.8 Å². The summed E-state index contributed by atoms with van der Waals surface area (Å²) in [5.41, 5.74) is 8.44. The molecule has 0 aliphatic heterocycles. The number of esters is 1. The van der Waals surface area contributed by atoms with Crippen LogP contribution in [0, 0.1) is 23.7 Å². The Bertz CT molecular complexity index is 769. The number of ether oxygens (including phenoxy) is 1. The van der Waals surface area contributed by atoms with Crippen molar-refractivity contribution in [2.45, 2.75) is 0 Å². The maximum absolute atomic E-state index is 11.3. The van der Waals surface area contributed by atoms with E-state index < -0.39 is 0 Å². The van der Waals surface area contributed by atoms with Gasteiger partial charge in [-0.25, -0.2) is 4.79 Å². The number of nitrogen functional groups attached to an aromatic ring is 1. The fourth-order valence-corrected chi connectivity index (χ4v) is 1.62. The van der Waals surface area contributed by atoms with Gasteiger partial charge in [-0.1, -0.05) is 24.0 Å². The fourth-order valence-electron chi connectivity index (χ4n) is 1.62. The van der Waals surface area contributed by atoms with Crippen molar-refractivity contribution in [3.63, 3.8) is 0 Å². The molecule has 0 aliphatic rings. The average molecular weight is 275 g/mol. The number of hydrogen-bond donors (Lipinski definition) is 1. The second-order valence-corrected chi connectivity index (χ2v) is 4.16. The number of carbonyl (C=O) groups is 1. The molecule has 2 aromatic carbocycles. The highest BCUT2D eigenvalue weighted by atomic mass is 16.5. The lowest BCUT2D eigenvalue weighted by atomic mass is 10.1. The number of para-hydroxylation sites is 1. The Labute approximate surface area is 123 Å². The summed E-state index contributed by atoms with van der Waals surface area (Å²) in [6, 6.07) is 14.2. The number of anilines is 1. The lowest BCUT2D eigenvalue weighted by molar-refractivity contribution is 0.0601. The Morgan fingerprint density at radius 3 is 2.33 bits per heavy atom. The first-order chi connectivity index (χ1) is 10.2. The van der Waals surface area contributed by atoms with Gasteiger partial charge in [0.25, 0.3) is 0 Å². The maximum Gasteiger partial charge on any atom is 0.337 e. The molecule has 0 saturated heterocycles. The van der Waals surface area contributed by atoms with Crippen molar-refractivity contribution in [2.24, 2.45) is 0 Å². The van der Waals surface area contributed by atoms with Gasteiger partial charge in [0.15, 0.2) is 0 Å². The SMILES string of the molecule is COC(=O)c1ccc(C#CC#Cc2ccccc2N)cc1. The number of methoxy groups -OCH3 is 1. The zero-order chi connectivity index (χ0) is 15.1. The molecule has 0 spiro atoms. The molecule has 2 rings (SSSR count). The molecule has 102 valence electrons. The van der Waals surface area contributed by atoms with Crippen LogP contribution in [0.5, 0.6) is 0 Å². The molecule has 0 fully saturated rings. The van der Waals surface area contributed by atoms with Crippen LogP contribution in [-0.2, 0) is 4.74 Å². The number of carbonyl (C=O) groups excluding carboxylic acids is 1. The van der Waals surface area contributed by atoms with E-state index in [9.17, 15) is 4.79 Å². The van der Waals surface area contributed by atoms with E-state index in [4.69, 9.17) is 5.73 Å². The molecule has 21 heavy (non-hydrogen) atoms. The monoisotopic (exact) mass is 275 g/mol. The van der Waals surface area contributed by atoms with Crippen molar-refractivity contribution in [3.05, 3.63) is 65.2 Å². The van der Waals surface area contributed by atoms with Crippen molar-refractivity contribution >= 4 is 11.7 Å². The minimum Gasteiger partial charge on any atom is -0.465 e. The molecule has 3 nitrogen and oxygen atoms in total. The molecular weight excluding hydrogens is 262 g/mol. The van der Waals surface area contributed by atoms with Crippen LogP contribution in [0.25, 0.3) is 0 Å². The Morgan fingerprint density at radius 1 is 1.00 bits per heavy atom. The van der Waals surface area contributed by atoms with Crippen LogP contribution in [0.1, 0.15) is 21.5 Å². The second kappa shape index (κ2) is 6.84. The Balaban J connectivity index is 2.11. The molecule has 0 bridgehead atoms. The topological polar surface area (TPSA) is 52.3 Å². The van der Waals surface area contributed by atoms with Gasteiger partial charge in [0.2, 0.25) is 0 Å². The summed E-state index contributed by atoms with van der Waals surface area (Å²) in [5, 5.41) is 0. The number of rotatable bonds is 1. The highest BCUT2D eigenvalue weighted by molar-refractivity contribution is 5.89. The molecule has 0 amide bonds. The van der Waals surface area contributed by atoms with Crippen LogP contribution >= 0.6 is 0 Å². The summed E-state index contributed by atoms with van der Waals surface area (Å²) in [7, 11) is 1.35. The van der Waals surface area contributed by atoms with E-state index in [1.54, 1.807) is 30.3 Å². The van der Waals surface area contributed by atoms with E-state index in [1.807, 2.05) is 18.2 Å². The fraction of sp³-hybridized carbons (Fsp3) is 0.0556. The van der Waals surface area contributed by atoms with Crippen LogP contribution in [-0.4, -0.2) is 13.1 Å². The van der Waals surface area contributed by atoms with E-state index in [2.05, 4.69) is 28.4 Å². The minimum absolute atomic E-state index is 0.367. The van der Waals surface area contributed by atoms with Gasteiger partial charge >= 0.3 is 5.97 Å². The summed E-state index contributed by atoms with van der Waals surface area (Å²) >= 11 is 0. The van der Waals surface area contributed by atoms with Crippen LogP contribution in [0.2, 0.25) is 0 Å². The van der Waals surface area contributed by atoms with Gasteiger partial charge in [0.05, 0.1) is 12.7 Å². The molecular formula is C18H13NO2. The lowest BCUT2D eigenvalue weighted by Crippen LogP contribution is -2.00. The van der Waals surface area contributed by atoms with Gasteiger partial charge in [-0.3, -0.25) is 0 Å². The third-order valence-electron chi connectivity index (χ3n) is 2.73. The number of benzene rings is 2.